The summed E-state index contributed by atoms with van der Waals surface area (Å²) in [4.78, 5) is 11.4. The maximum atomic E-state index is 11.4. The Morgan fingerprint density at radius 2 is 2.28 bits per heavy atom. The molecular weight excluding hydrogens is 254 g/mol. The summed E-state index contributed by atoms with van der Waals surface area (Å²) in [7, 11) is 0.600. The van der Waals surface area contributed by atoms with E-state index in [0.717, 1.165) is 13.0 Å². The normalized spacial score (nSPS) is 12.4. The Bertz CT molecular complexity index is 428. The van der Waals surface area contributed by atoms with Crippen molar-refractivity contribution >= 4 is 16.8 Å². The van der Waals surface area contributed by atoms with Crippen molar-refractivity contribution in [3.05, 3.63) is 23.2 Å². The molecule has 0 aromatic carbocycles. The Morgan fingerprint density at radius 1 is 1.56 bits per heavy atom. The van der Waals surface area contributed by atoms with Crippen molar-refractivity contribution in [1.82, 2.24) is 5.32 Å². The van der Waals surface area contributed by atoms with Crippen LogP contribution in [-0.4, -0.2) is 35.8 Å². The number of ether oxygens (including phenoxy) is 1. The van der Waals surface area contributed by atoms with Gasteiger partial charge in [0.25, 0.3) is 0 Å². The summed E-state index contributed by atoms with van der Waals surface area (Å²) in [6.07, 6.45) is 2.55. The molecule has 0 fully saturated rings. The molecule has 1 heterocycles. The van der Waals surface area contributed by atoms with Gasteiger partial charge in [0.1, 0.15) is 17.1 Å². The number of furan rings is 1. The monoisotopic (exact) mass is 273 g/mol. The van der Waals surface area contributed by atoms with E-state index < -0.39 is 10.8 Å². The fraction of sp³-hybridized carbons (Fsp3) is 0.583. The first-order valence-corrected chi connectivity index (χ1v) is 7.45. The van der Waals surface area contributed by atoms with Gasteiger partial charge in [-0.15, -0.1) is 0 Å². The van der Waals surface area contributed by atoms with Gasteiger partial charge in [-0.3, -0.25) is 4.21 Å². The number of rotatable bonds is 7. The summed E-state index contributed by atoms with van der Waals surface area (Å²) in [5.41, 5.74) is 0.462. The number of carbonyl (C=O) groups excluding carboxylic acids is 1. The number of hydrogen-bond acceptors (Lipinski definition) is 5. The SMILES string of the molecule is COC(=O)c1cc(CNCCCS(C)=O)oc1C. The third-order valence-corrected chi connectivity index (χ3v) is 3.32. The molecule has 0 aliphatic rings. The van der Waals surface area contributed by atoms with Gasteiger partial charge in [-0.25, -0.2) is 4.79 Å². The van der Waals surface area contributed by atoms with Crippen molar-refractivity contribution in [1.29, 1.82) is 0 Å². The highest BCUT2D eigenvalue weighted by Crippen LogP contribution is 2.15. The molecule has 0 saturated carbocycles. The van der Waals surface area contributed by atoms with Crippen molar-refractivity contribution in [2.24, 2.45) is 0 Å². The van der Waals surface area contributed by atoms with Gasteiger partial charge in [-0.1, -0.05) is 0 Å². The zero-order valence-corrected chi connectivity index (χ0v) is 11.8. The molecule has 5 nitrogen and oxygen atoms in total. The number of carbonyl (C=O) groups is 1. The fourth-order valence-electron chi connectivity index (χ4n) is 1.56. The zero-order chi connectivity index (χ0) is 13.5. The number of nitrogens with one attached hydrogen (secondary N) is 1. The highest BCUT2D eigenvalue weighted by molar-refractivity contribution is 7.84. The first kappa shape index (κ1) is 14.9. The number of aryl methyl sites for hydroxylation is 1. The van der Waals surface area contributed by atoms with Crippen LogP contribution in [-0.2, 0) is 22.1 Å². The number of hydrogen-bond donors (Lipinski definition) is 1. The molecule has 1 aromatic heterocycles. The van der Waals surface area contributed by atoms with Gasteiger partial charge < -0.3 is 14.5 Å². The molecule has 0 aliphatic carbocycles. The maximum absolute atomic E-state index is 11.4. The van der Waals surface area contributed by atoms with Crippen LogP contribution in [0, 0.1) is 6.92 Å². The molecule has 0 amide bonds. The smallest absolute Gasteiger partial charge is 0.341 e. The molecule has 0 aliphatic heterocycles. The van der Waals surface area contributed by atoms with Gasteiger partial charge in [-0.05, 0) is 26.0 Å². The molecule has 1 rings (SSSR count). The molecule has 0 bridgehead atoms. The molecule has 0 saturated heterocycles. The number of methoxy groups -OCH3 is 1. The quantitative estimate of drug-likeness (QED) is 0.598. The van der Waals surface area contributed by atoms with Gasteiger partial charge in [-0.2, -0.15) is 0 Å². The van der Waals surface area contributed by atoms with Gasteiger partial charge in [0.15, 0.2) is 0 Å². The zero-order valence-electron chi connectivity index (χ0n) is 10.9. The van der Waals surface area contributed by atoms with Crippen LogP contribution >= 0.6 is 0 Å². The lowest BCUT2D eigenvalue weighted by atomic mass is 10.2. The van der Waals surface area contributed by atoms with Crippen LogP contribution in [0.15, 0.2) is 10.5 Å². The predicted molar refractivity (Wildman–Crippen MR) is 70.0 cm³/mol. The van der Waals surface area contributed by atoms with E-state index in [2.05, 4.69) is 10.1 Å². The molecule has 0 spiro atoms. The lowest BCUT2D eigenvalue weighted by Crippen LogP contribution is -2.16. The van der Waals surface area contributed by atoms with Gasteiger partial charge in [0, 0.05) is 22.8 Å². The molecule has 1 N–H and O–H groups in total. The second kappa shape index (κ2) is 7.33. The van der Waals surface area contributed by atoms with Crippen LogP contribution in [0.5, 0.6) is 0 Å². The first-order valence-electron chi connectivity index (χ1n) is 5.73. The summed E-state index contributed by atoms with van der Waals surface area (Å²) < 4.78 is 20.9. The van der Waals surface area contributed by atoms with Crippen LogP contribution < -0.4 is 5.32 Å². The Morgan fingerprint density at radius 3 is 2.89 bits per heavy atom. The standard InChI is InChI=1S/C12H19NO4S/c1-9-11(12(14)16-2)7-10(17-9)8-13-5-4-6-18(3)15/h7,13H,4-6,8H2,1-3H3. The topological polar surface area (TPSA) is 68.5 Å². The Balaban J connectivity index is 2.39. The minimum Gasteiger partial charge on any atom is -0.465 e. The van der Waals surface area contributed by atoms with E-state index in [0.29, 0.717) is 29.4 Å². The van der Waals surface area contributed by atoms with E-state index in [1.165, 1.54) is 7.11 Å². The van der Waals surface area contributed by atoms with Crippen molar-refractivity contribution in [3.8, 4) is 0 Å². The Hall–Kier alpha value is -1.14. The van der Waals surface area contributed by atoms with Gasteiger partial charge in [0.2, 0.25) is 0 Å². The Labute approximate surface area is 109 Å². The van der Waals surface area contributed by atoms with Crippen molar-refractivity contribution in [2.45, 2.75) is 19.9 Å². The summed E-state index contributed by atoms with van der Waals surface area (Å²) in [5, 5.41) is 3.17. The van der Waals surface area contributed by atoms with E-state index in [-0.39, 0.29) is 5.97 Å². The summed E-state index contributed by atoms with van der Waals surface area (Å²) >= 11 is 0. The molecule has 1 unspecified atom stereocenters. The molecule has 18 heavy (non-hydrogen) atoms. The molecule has 1 aromatic rings. The largest absolute Gasteiger partial charge is 0.465 e. The third-order valence-electron chi connectivity index (χ3n) is 2.46. The summed E-state index contributed by atoms with van der Waals surface area (Å²) in [6, 6.07) is 1.69. The molecule has 1 atom stereocenters. The highest BCUT2D eigenvalue weighted by Gasteiger charge is 2.14. The highest BCUT2D eigenvalue weighted by atomic mass is 32.2. The van der Waals surface area contributed by atoms with E-state index in [1.807, 2.05) is 0 Å². The molecular formula is C12H19NO4S. The fourth-order valence-corrected chi connectivity index (χ4v) is 2.11. The van der Waals surface area contributed by atoms with E-state index in [4.69, 9.17) is 4.42 Å². The second-order valence-electron chi connectivity index (χ2n) is 3.98. The van der Waals surface area contributed by atoms with Crippen LogP contribution in [0.1, 0.15) is 28.3 Å². The number of esters is 1. The summed E-state index contributed by atoms with van der Waals surface area (Å²) in [6.45, 7) is 3.05. The minimum absolute atomic E-state index is 0.385. The lowest BCUT2D eigenvalue weighted by molar-refractivity contribution is 0.0599. The first-order chi connectivity index (χ1) is 8.54. The third kappa shape index (κ3) is 4.62. The van der Waals surface area contributed by atoms with Crippen molar-refractivity contribution in [3.63, 3.8) is 0 Å². The van der Waals surface area contributed by atoms with Gasteiger partial charge >= 0.3 is 5.97 Å². The predicted octanol–water partition coefficient (Wildman–Crippen LogP) is 1.23. The maximum Gasteiger partial charge on any atom is 0.341 e. The van der Waals surface area contributed by atoms with Crippen LogP contribution in [0.25, 0.3) is 0 Å². The molecule has 6 heteroatoms. The van der Waals surface area contributed by atoms with Crippen LogP contribution in [0.3, 0.4) is 0 Å². The van der Waals surface area contributed by atoms with Crippen molar-refractivity contribution < 1.29 is 18.2 Å². The van der Waals surface area contributed by atoms with E-state index in [9.17, 15) is 9.00 Å². The minimum atomic E-state index is -0.745. The Kier molecular flexibility index (Phi) is 6.07. The average molecular weight is 273 g/mol. The van der Waals surface area contributed by atoms with Gasteiger partial charge in [0.05, 0.1) is 13.7 Å². The lowest BCUT2D eigenvalue weighted by Gasteiger charge is -2.00. The average Bonchev–Trinajstić information content (AvgIpc) is 2.69. The van der Waals surface area contributed by atoms with Crippen LogP contribution in [0.4, 0.5) is 0 Å². The van der Waals surface area contributed by atoms with Crippen LogP contribution in [0.2, 0.25) is 0 Å². The van der Waals surface area contributed by atoms with E-state index >= 15 is 0 Å². The molecule has 102 valence electrons. The second-order valence-corrected chi connectivity index (χ2v) is 5.54. The molecule has 0 radical (unpaired) electrons. The van der Waals surface area contributed by atoms with Crippen molar-refractivity contribution in [2.75, 3.05) is 25.7 Å². The van der Waals surface area contributed by atoms with E-state index in [1.54, 1.807) is 19.2 Å². The summed E-state index contributed by atoms with van der Waals surface area (Å²) in [5.74, 6) is 1.57.